The molecular formula is C12H9Cl2NO4. The summed E-state index contributed by atoms with van der Waals surface area (Å²) in [5.74, 6) is -2.42. The quantitative estimate of drug-likeness (QED) is 0.875. The maximum absolute atomic E-state index is 12.0. The molecule has 0 aliphatic heterocycles. The van der Waals surface area contributed by atoms with Gasteiger partial charge in [-0.2, -0.15) is 0 Å². The maximum atomic E-state index is 12.0. The van der Waals surface area contributed by atoms with Crippen LogP contribution in [0.4, 0.5) is 0 Å². The number of carboxylic acid groups (broad SMARTS) is 1. The molecule has 1 atom stereocenters. The van der Waals surface area contributed by atoms with Gasteiger partial charge in [-0.1, -0.05) is 30.1 Å². The van der Waals surface area contributed by atoms with Gasteiger partial charge < -0.3 is 9.52 Å². The number of oxazole rings is 1. The Hall–Kier alpha value is -1.59. The highest BCUT2D eigenvalue weighted by atomic mass is 35.5. The molecular weight excluding hydrogens is 293 g/mol. The largest absolute Gasteiger partial charge is 0.481 e. The molecule has 0 bridgehead atoms. The van der Waals surface area contributed by atoms with Crippen molar-refractivity contribution in [3.63, 3.8) is 0 Å². The molecule has 0 radical (unpaired) electrons. The van der Waals surface area contributed by atoms with Crippen molar-refractivity contribution >= 4 is 46.1 Å². The second-order valence-corrected chi connectivity index (χ2v) is 4.96. The van der Waals surface area contributed by atoms with Crippen LogP contribution in [0.5, 0.6) is 0 Å². The van der Waals surface area contributed by atoms with E-state index in [1.54, 1.807) is 0 Å². The van der Waals surface area contributed by atoms with Gasteiger partial charge in [-0.3, -0.25) is 9.59 Å². The van der Waals surface area contributed by atoms with Crippen LogP contribution in [0.1, 0.15) is 24.0 Å². The zero-order chi connectivity index (χ0) is 14.2. The zero-order valence-electron chi connectivity index (χ0n) is 9.81. The average Bonchev–Trinajstić information content (AvgIpc) is 2.70. The standard InChI is InChI=1S/C12H9Cl2NO4/c1-5(2-9(16)17)10(18)12-15-8-4-6(13)3-7(14)11(8)19-12/h3-5H,2H2,1H3,(H,16,17). The minimum absolute atomic E-state index is 0.159. The molecule has 0 spiro atoms. The summed E-state index contributed by atoms with van der Waals surface area (Å²) >= 11 is 11.7. The van der Waals surface area contributed by atoms with E-state index in [0.717, 1.165) is 0 Å². The van der Waals surface area contributed by atoms with Crippen LogP contribution in [-0.4, -0.2) is 21.8 Å². The Morgan fingerprint density at radius 3 is 2.74 bits per heavy atom. The van der Waals surface area contributed by atoms with Gasteiger partial charge in [0.25, 0.3) is 5.89 Å². The second-order valence-electron chi connectivity index (χ2n) is 4.12. The third-order valence-electron chi connectivity index (χ3n) is 2.55. The lowest BCUT2D eigenvalue weighted by molar-refractivity contribution is -0.137. The van der Waals surface area contributed by atoms with Crippen molar-refractivity contribution in [3.05, 3.63) is 28.1 Å². The summed E-state index contributed by atoms with van der Waals surface area (Å²) in [4.78, 5) is 26.5. The molecule has 0 fully saturated rings. The number of hydrogen-bond acceptors (Lipinski definition) is 4. The van der Waals surface area contributed by atoms with Crippen molar-refractivity contribution < 1.29 is 19.1 Å². The first-order valence-corrected chi connectivity index (χ1v) is 6.15. The van der Waals surface area contributed by atoms with Gasteiger partial charge in [-0.25, -0.2) is 4.98 Å². The molecule has 0 amide bonds. The summed E-state index contributed by atoms with van der Waals surface area (Å²) in [7, 11) is 0. The number of Topliss-reactive ketones (excluding diaryl/α,β-unsaturated/α-hetero) is 1. The van der Waals surface area contributed by atoms with Gasteiger partial charge >= 0.3 is 5.97 Å². The van der Waals surface area contributed by atoms with Crippen molar-refractivity contribution in [3.8, 4) is 0 Å². The van der Waals surface area contributed by atoms with Crippen molar-refractivity contribution in [1.82, 2.24) is 4.98 Å². The van der Waals surface area contributed by atoms with Gasteiger partial charge in [-0.15, -0.1) is 0 Å². The van der Waals surface area contributed by atoms with E-state index in [9.17, 15) is 9.59 Å². The van der Waals surface area contributed by atoms with Gasteiger partial charge in [0.2, 0.25) is 5.78 Å². The molecule has 0 saturated heterocycles. The fraction of sp³-hybridized carbons (Fsp3) is 0.250. The van der Waals surface area contributed by atoms with Crippen LogP contribution >= 0.6 is 23.2 Å². The number of ketones is 1. The first-order chi connectivity index (χ1) is 8.88. The summed E-state index contributed by atoms with van der Waals surface area (Å²) in [6.07, 6.45) is -0.286. The SMILES string of the molecule is CC(CC(=O)O)C(=O)c1nc2cc(Cl)cc(Cl)c2o1. The number of carboxylic acids is 1. The van der Waals surface area contributed by atoms with E-state index in [4.69, 9.17) is 32.7 Å². The average molecular weight is 302 g/mol. The lowest BCUT2D eigenvalue weighted by Crippen LogP contribution is -2.15. The molecule has 1 N–H and O–H groups in total. The molecule has 1 unspecified atom stereocenters. The maximum Gasteiger partial charge on any atom is 0.304 e. The van der Waals surface area contributed by atoms with E-state index >= 15 is 0 Å². The van der Waals surface area contributed by atoms with Crippen LogP contribution in [0.2, 0.25) is 10.0 Å². The van der Waals surface area contributed by atoms with Crippen LogP contribution in [0.3, 0.4) is 0 Å². The molecule has 1 aromatic carbocycles. The van der Waals surface area contributed by atoms with Crippen LogP contribution in [0, 0.1) is 5.92 Å². The monoisotopic (exact) mass is 301 g/mol. The third-order valence-corrected chi connectivity index (χ3v) is 3.05. The molecule has 2 rings (SSSR count). The number of rotatable bonds is 4. The van der Waals surface area contributed by atoms with Crippen molar-refractivity contribution in [1.29, 1.82) is 0 Å². The number of halogens is 2. The highest BCUT2D eigenvalue weighted by Crippen LogP contribution is 2.29. The van der Waals surface area contributed by atoms with Gasteiger partial charge in [-0.05, 0) is 12.1 Å². The van der Waals surface area contributed by atoms with Crippen molar-refractivity contribution in [2.45, 2.75) is 13.3 Å². The van der Waals surface area contributed by atoms with E-state index in [-0.39, 0.29) is 22.9 Å². The molecule has 7 heteroatoms. The van der Waals surface area contributed by atoms with Gasteiger partial charge in [0.1, 0.15) is 5.52 Å². The second kappa shape index (κ2) is 5.19. The number of fused-ring (bicyclic) bond motifs is 1. The number of nitrogens with zero attached hydrogens (tertiary/aromatic N) is 1. The molecule has 100 valence electrons. The van der Waals surface area contributed by atoms with Gasteiger partial charge in [0.05, 0.1) is 11.4 Å². The van der Waals surface area contributed by atoms with Gasteiger partial charge in [0.15, 0.2) is 5.58 Å². The number of hydrogen-bond donors (Lipinski definition) is 1. The molecule has 5 nitrogen and oxygen atoms in total. The van der Waals surface area contributed by atoms with Crippen LogP contribution in [0.15, 0.2) is 16.5 Å². The predicted molar refractivity (Wildman–Crippen MR) is 69.8 cm³/mol. The van der Waals surface area contributed by atoms with E-state index in [1.807, 2.05) is 0 Å². The molecule has 0 saturated carbocycles. The molecule has 1 aromatic heterocycles. The summed E-state index contributed by atoms with van der Waals surface area (Å²) in [6.45, 7) is 1.50. The summed E-state index contributed by atoms with van der Waals surface area (Å²) in [5, 5.41) is 9.29. The normalized spacial score (nSPS) is 12.6. The summed E-state index contributed by atoms with van der Waals surface area (Å²) in [5.41, 5.74) is 0.625. The molecule has 1 heterocycles. The fourth-order valence-corrected chi connectivity index (χ4v) is 2.15. The molecule has 2 aromatic rings. The Kier molecular flexibility index (Phi) is 3.78. The Bertz CT molecular complexity index is 665. The van der Waals surface area contributed by atoms with Gasteiger partial charge in [0, 0.05) is 10.9 Å². The predicted octanol–water partition coefficient (Wildman–Crippen LogP) is 3.43. The van der Waals surface area contributed by atoms with Crippen molar-refractivity contribution in [2.24, 2.45) is 5.92 Å². The highest BCUT2D eigenvalue weighted by Gasteiger charge is 2.24. The Labute approximate surface area is 118 Å². The van der Waals surface area contributed by atoms with E-state index in [1.165, 1.54) is 19.1 Å². The Balaban J connectivity index is 2.38. The van der Waals surface area contributed by atoms with Crippen molar-refractivity contribution in [2.75, 3.05) is 0 Å². The highest BCUT2D eigenvalue weighted by molar-refractivity contribution is 6.38. The van der Waals surface area contributed by atoms with E-state index in [2.05, 4.69) is 4.98 Å². The number of carbonyl (C=O) groups excluding carboxylic acids is 1. The third kappa shape index (κ3) is 2.88. The number of aromatic nitrogens is 1. The summed E-state index contributed by atoms with van der Waals surface area (Å²) < 4.78 is 5.27. The first kappa shape index (κ1) is 13.8. The minimum Gasteiger partial charge on any atom is -0.481 e. The zero-order valence-corrected chi connectivity index (χ0v) is 11.3. The Morgan fingerprint density at radius 2 is 2.11 bits per heavy atom. The lowest BCUT2D eigenvalue weighted by Gasteiger charge is -2.02. The molecule has 0 aliphatic carbocycles. The number of benzene rings is 1. The lowest BCUT2D eigenvalue weighted by atomic mass is 10.0. The topological polar surface area (TPSA) is 80.4 Å². The Morgan fingerprint density at radius 1 is 1.42 bits per heavy atom. The molecule has 0 aliphatic rings. The minimum atomic E-state index is -1.06. The van der Waals surface area contributed by atoms with E-state index in [0.29, 0.717) is 10.5 Å². The summed E-state index contributed by atoms with van der Waals surface area (Å²) in [6, 6.07) is 3.00. The number of aliphatic carboxylic acids is 1. The van der Waals surface area contributed by atoms with Crippen LogP contribution in [0.25, 0.3) is 11.1 Å². The van der Waals surface area contributed by atoms with Crippen LogP contribution < -0.4 is 0 Å². The molecule has 19 heavy (non-hydrogen) atoms. The van der Waals surface area contributed by atoms with E-state index < -0.39 is 17.7 Å². The van der Waals surface area contributed by atoms with Crippen LogP contribution in [-0.2, 0) is 4.79 Å². The first-order valence-electron chi connectivity index (χ1n) is 5.40. The fourth-order valence-electron chi connectivity index (χ4n) is 1.63. The number of carbonyl (C=O) groups is 2. The smallest absolute Gasteiger partial charge is 0.304 e.